The van der Waals surface area contributed by atoms with Gasteiger partial charge in [-0.25, -0.2) is 0 Å². The van der Waals surface area contributed by atoms with Crippen LogP contribution in [-0.4, -0.2) is 17.9 Å². The van der Waals surface area contributed by atoms with Crippen LogP contribution in [-0.2, 0) is 4.79 Å². The Morgan fingerprint density at radius 1 is 1.53 bits per heavy atom. The second-order valence-electron chi connectivity index (χ2n) is 3.28. The van der Waals surface area contributed by atoms with Gasteiger partial charge in [-0.1, -0.05) is 19.1 Å². The van der Waals surface area contributed by atoms with Gasteiger partial charge in [0.1, 0.15) is 6.29 Å². The van der Waals surface area contributed by atoms with E-state index in [2.05, 4.69) is 0 Å². The van der Waals surface area contributed by atoms with Gasteiger partial charge >= 0.3 is 0 Å². The first-order valence-corrected chi connectivity index (χ1v) is 5.60. The molecule has 0 saturated carbocycles. The molecule has 0 aromatic heterocycles. The van der Waals surface area contributed by atoms with Crippen LogP contribution < -0.4 is 5.73 Å². The van der Waals surface area contributed by atoms with E-state index in [0.29, 0.717) is 11.3 Å². The fraction of sp³-hybridized carbons (Fsp3) is 0.273. The van der Waals surface area contributed by atoms with E-state index in [9.17, 15) is 9.59 Å². The molecule has 0 fully saturated rings. The molecule has 1 rings (SSSR count). The van der Waals surface area contributed by atoms with Gasteiger partial charge in [0.05, 0.1) is 5.56 Å². The summed E-state index contributed by atoms with van der Waals surface area (Å²) in [6.45, 7) is 1.84. The van der Waals surface area contributed by atoms with Crippen molar-refractivity contribution in [2.45, 2.75) is 11.8 Å². The molecule has 1 unspecified atom stereocenters. The lowest BCUT2D eigenvalue weighted by molar-refractivity contribution is -0.110. The average Bonchev–Trinajstić information content (AvgIpc) is 2.26. The maximum absolute atomic E-state index is 11.1. The highest BCUT2D eigenvalue weighted by molar-refractivity contribution is 7.99. The average molecular weight is 223 g/mol. The first kappa shape index (κ1) is 11.8. The maximum Gasteiger partial charge on any atom is 0.249 e. The summed E-state index contributed by atoms with van der Waals surface area (Å²) < 4.78 is 0. The van der Waals surface area contributed by atoms with E-state index in [1.165, 1.54) is 11.8 Å². The second kappa shape index (κ2) is 5.56. The highest BCUT2D eigenvalue weighted by atomic mass is 32.2. The Balaban J connectivity index is 2.76. The molecule has 1 atom stereocenters. The lowest BCUT2D eigenvalue weighted by Gasteiger charge is -2.06. The molecule has 0 radical (unpaired) electrons. The second-order valence-corrected chi connectivity index (χ2v) is 4.35. The van der Waals surface area contributed by atoms with Gasteiger partial charge in [-0.3, -0.25) is 4.79 Å². The predicted octanol–water partition coefficient (Wildman–Crippen LogP) is 1.71. The monoisotopic (exact) mass is 223 g/mol. The molecule has 0 saturated heterocycles. The molecule has 0 bridgehead atoms. The molecule has 1 aromatic carbocycles. The minimum Gasteiger partial charge on any atom is -0.366 e. The van der Waals surface area contributed by atoms with Gasteiger partial charge in [0.25, 0.3) is 0 Å². The summed E-state index contributed by atoms with van der Waals surface area (Å²) >= 11 is 1.48. The third-order valence-corrected chi connectivity index (χ3v) is 3.25. The normalized spacial score (nSPS) is 12.1. The van der Waals surface area contributed by atoms with Crippen LogP contribution in [0, 0.1) is 5.92 Å². The summed E-state index contributed by atoms with van der Waals surface area (Å²) in [4.78, 5) is 22.3. The number of carbonyl (C=O) groups is 2. The van der Waals surface area contributed by atoms with Gasteiger partial charge in [-0.2, -0.15) is 0 Å². The standard InChI is InChI=1S/C11H13NO2S/c1-8(6-13)7-15-10-5-3-2-4-9(10)11(12)14/h2-6,8H,7H2,1H3,(H2,12,14). The third kappa shape index (κ3) is 3.40. The molecular weight excluding hydrogens is 210 g/mol. The Hall–Kier alpha value is -1.29. The van der Waals surface area contributed by atoms with Crippen LogP contribution in [0.3, 0.4) is 0 Å². The molecule has 3 nitrogen and oxygen atoms in total. The summed E-state index contributed by atoms with van der Waals surface area (Å²) in [6.07, 6.45) is 0.903. The quantitative estimate of drug-likeness (QED) is 0.610. The third-order valence-electron chi connectivity index (χ3n) is 1.89. The predicted molar refractivity (Wildman–Crippen MR) is 60.9 cm³/mol. The lowest BCUT2D eigenvalue weighted by Crippen LogP contribution is -2.12. The summed E-state index contributed by atoms with van der Waals surface area (Å²) in [5.41, 5.74) is 5.75. The number of primary amides is 1. The van der Waals surface area contributed by atoms with Gasteiger partial charge in [-0.15, -0.1) is 11.8 Å². The molecule has 1 aromatic rings. The van der Waals surface area contributed by atoms with Crippen LogP contribution in [0.2, 0.25) is 0 Å². The molecule has 0 aliphatic heterocycles. The molecule has 0 spiro atoms. The molecule has 0 heterocycles. The number of aldehydes is 1. The van der Waals surface area contributed by atoms with E-state index in [1.54, 1.807) is 12.1 Å². The fourth-order valence-corrected chi connectivity index (χ4v) is 2.08. The molecule has 80 valence electrons. The first-order chi connectivity index (χ1) is 7.15. The Kier molecular flexibility index (Phi) is 4.37. The van der Waals surface area contributed by atoms with Crippen molar-refractivity contribution in [3.05, 3.63) is 29.8 Å². The SMILES string of the molecule is CC(C=O)CSc1ccccc1C(N)=O. The van der Waals surface area contributed by atoms with Gasteiger partial charge in [0.15, 0.2) is 0 Å². The number of nitrogens with two attached hydrogens (primary N) is 1. The van der Waals surface area contributed by atoms with Crippen molar-refractivity contribution in [2.75, 3.05) is 5.75 Å². The first-order valence-electron chi connectivity index (χ1n) is 4.62. The van der Waals surface area contributed by atoms with E-state index >= 15 is 0 Å². The number of hydrogen-bond donors (Lipinski definition) is 1. The Morgan fingerprint density at radius 3 is 2.80 bits per heavy atom. The van der Waals surface area contributed by atoms with E-state index in [-0.39, 0.29) is 5.92 Å². The molecule has 1 amide bonds. The minimum absolute atomic E-state index is 0.0177. The van der Waals surface area contributed by atoms with Crippen LogP contribution in [0.1, 0.15) is 17.3 Å². The van der Waals surface area contributed by atoms with E-state index < -0.39 is 5.91 Å². The number of benzene rings is 1. The van der Waals surface area contributed by atoms with E-state index in [0.717, 1.165) is 11.2 Å². The zero-order valence-electron chi connectivity index (χ0n) is 8.47. The number of rotatable bonds is 5. The summed E-state index contributed by atoms with van der Waals surface area (Å²) in [7, 11) is 0. The number of carbonyl (C=O) groups excluding carboxylic acids is 2. The Labute approximate surface area is 93.0 Å². The Bertz CT molecular complexity index is 365. The van der Waals surface area contributed by atoms with Gasteiger partial charge in [-0.05, 0) is 12.1 Å². The van der Waals surface area contributed by atoms with Crippen LogP contribution in [0.25, 0.3) is 0 Å². The fourth-order valence-electron chi connectivity index (χ4n) is 1.06. The van der Waals surface area contributed by atoms with Crippen molar-refractivity contribution in [3.8, 4) is 0 Å². The van der Waals surface area contributed by atoms with Crippen molar-refractivity contribution >= 4 is 24.0 Å². The largest absolute Gasteiger partial charge is 0.366 e. The van der Waals surface area contributed by atoms with Gasteiger partial charge in [0, 0.05) is 16.6 Å². The van der Waals surface area contributed by atoms with Crippen molar-refractivity contribution in [2.24, 2.45) is 11.7 Å². The zero-order valence-corrected chi connectivity index (χ0v) is 9.29. The topological polar surface area (TPSA) is 60.2 Å². The lowest BCUT2D eigenvalue weighted by atomic mass is 10.2. The van der Waals surface area contributed by atoms with Crippen LogP contribution >= 0.6 is 11.8 Å². The zero-order chi connectivity index (χ0) is 11.3. The number of amides is 1. The van der Waals surface area contributed by atoms with Crippen LogP contribution in [0.15, 0.2) is 29.2 Å². The molecule has 2 N–H and O–H groups in total. The number of thioether (sulfide) groups is 1. The van der Waals surface area contributed by atoms with Crippen LogP contribution in [0.5, 0.6) is 0 Å². The smallest absolute Gasteiger partial charge is 0.249 e. The van der Waals surface area contributed by atoms with E-state index in [4.69, 9.17) is 5.73 Å². The van der Waals surface area contributed by atoms with Crippen molar-refractivity contribution in [3.63, 3.8) is 0 Å². The Morgan fingerprint density at radius 2 is 2.20 bits per heavy atom. The van der Waals surface area contributed by atoms with Crippen LogP contribution in [0.4, 0.5) is 0 Å². The number of hydrogen-bond acceptors (Lipinski definition) is 3. The highest BCUT2D eigenvalue weighted by Gasteiger charge is 2.08. The minimum atomic E-state index is -0.433. The van der Waals surface area contributed by atoms with Gasteiger partial charge < -0.3 is 10.5 Å². The highest BCUT2D eigenvalue weighted by Crippen LogP contribution is 2.23. The molecule has 0 aliphatic carbocycles. The summed E-state index contributed by atoms with van der Waals surface area (Å²) in [5.74, 6) is 0.209. The molecule has 15 heavy (non-hydrogen) atoms. The van der Waals surface area contributed by atoms with Crippen molar-refractivity contribution in [1.29, 1.82) is 0 Å². The van der Waals surface area contributed by atoms with E-state index in [1.807, 2.05) is 19.1 Å². The molecular formula is C11H13NO2S. The van der Waals surface area contributed by atoms with Crippen molar-refractivity contribution in [1.82, 2.24) is 0 Å². The summed E-state index contributed by atoms with van der Waals surface area (Å²) in [6, 6.07) is 7.15. The summed E-state index contributed by atoms with van der Waals surface area (Å²) in [5, 5.41) is 0. The maximum atomic E-state index is 11.1. The van der Waals surface area contributed by atoms with Crippen molar-refractivity contribution < 1.29 is 9.59 Å². The molecule has 4 heteroatoms. The van der Waals surface area contributed by atoms with Gasteiger partial charge in [0.2, 0.25) is 5.91 Å². The molecule has 0 aliphatic rings.